The van der Waals surface area contributed by atoms with E-state index in [9.17, 15) is 8.42 Å². The molecule has 2 rings (SSSR count). The maximum atomic E-state index is 11.7. The third kappa shape index (κ3) is 5.72. The van der Waals surface area contributed by atoms with Gasteiger partial charge in [-0.2, -0.15) is 0 Å². The van der Waals surface area contributed by atoms with E-state index < -0.39 is 10.0 Å². The molecule has 6 nitrogen and oxygen atoms in total. The number of hydrogen-bond acceptors (Lipinski definition) is 5. The highest BCUT2D eigenvalue weighted by molar-refractivity contribution is 7.89. The van der Waals surface area contributed by atoms with Gasteiger partial charge in [-0.25, -0.2) is 13.1 Å². The molecule has 0 atom stereocenters. The number of nitrogens with zero attached hydrogens (tertiary/aromatic N) is 1. The third-order valence-electron chi connectivity index (χ3n) is 3.83. The minimum absolute atomic E-state index is 0.266. The van der Waals surface area contributed by atoms with E-state index in [1.54, 1.807) is 12.1 Å². The molecule has 0 unspecified atom stereocenters. The fourth-order valence-corrected chi connectivity index (χ4v) is 3.17. The van der Waals surface area contributed by atoms with Crippen molar-refractivity contribution in [2.24, 2.45) is 0 Å². The average molecular weight is 378 g/mol. The van der Waals surface area contributed by atoms with Crippen molar-refractivity contribution in [1.82, 2.24) is 9.62 Å². The first-order chi connectivity index (χ1) is 12.5. The molecule has 0 aliphatic heterocycles. The lowest BCUT2D eigenvalue weighted by atomic mass is 10.2. The van der Waals surface area contributed by atoms with Gasteiger partial charge in [0.2, 0.25) is 10.0 Å². The Bertz CT molecular complexity index is 791. The van der Waals surface area contributed by atoms with E-state index in [1.807, 2.05) is 50.4 Å². The summed E-state index contributed by atoms with van der Waals surface area (Å²) in [6.45, 7) is 4.51. The summed E-state index contributed by atoms with van der Waals surface area (Å²) in [7, 11) is 0.00698. The fraction of sp³-hybridized carbons (Fsp3) is 0.368. The molecule has 1 N–H and O–H groups in total. The summed E-state index contributed by atoms with van der Waals surface area (Å²) in [5.41, 5.74) is 1.04. The Morgan fingerprint density at radius 1 is 1.00 bits per heavy atom. The van der Waals surface area contributed by atoms with Crippen LogP contribution in [0.4, 0.5) is 0 Å². The standard InChI is InChI=1S/C19H26N2O4S/c1-4-24-18-7-5-6-8-19(18)25-14-13-21(3)15-16-9-11-17(12-10-16)26(22,23)20-2/h5-12,20H,4,13-15H2,1-3H3. The van der Waals surface area contributed by atoms with Crippen LogP contribution in [-0.4, -0.2) is 47.2 Å². The molecule has 0 aliphatic carbocycles. The quantitative estimate of drug-likeness (QED) is 0.688. The predicted molar refractivity (Wildman–Crippen MR) is 102 cm³/mol. The number of benzene rings is 2. The van der Waals surface area contributed by atoms with Gasteiger partial charge in [-0.3, -0.25) is 4.90 Å². The van der Waals surface area contributed by atoms with E-state index in [0.717, 1.165) is 23.6 Å². The first-order valence-corrected chi connectivity index (χ1v) is 10.00. The smallest absolute Gasteiger partial charge is 0.240 e. The van der Waals surface area contributed by atoms with E-state index in [0.29, 0.717) is 19.8 Å². The van der Waals surface area contributed by atoms with Crippen molar-refractivity contribution < 1.29 is 17.9 Å². The number of ether oxygens (including phenoxy) is 2. The molecule has 2 aromatic rings. The second kappa shape index (κ2) is 9.56. The van der Waals surface area contributed by atoms with Crippen LogP contribution in [0.15, 0.2) is 53.4 Å². The summed E-state index contributed by atoms with van der Waals surface area (Å²) < 4.78 is 37.1. The van der Waals surface area contributed by atoms with Gasteiger partial charge in [0.25, 0.3) is 0 Å². The van der Waals surface area contributed by atoms with E-state index in [-0.39, 0.29) is 4.90 Å². The van der Waals surface area contributed by atoms with Gasteiger partial charge in [0.1, 0.15) is 6.61 Å². The molecule has 0 spiro atoms. The van der Waals surface area contributed by atoms with Crippen LogP contribution >= 0.6 is 0 Å². The Labute approximate surface area is 155 Å². The molecular formula is C19H26N2O4S. The second-order valence-corrected chi connectivity index (χ2v) is 7.70. The second-order valence-electron chi connectivity index (χ2n) is 5.82. The van der Waals surface area contributed by atoms with E-state index >= 15 is 0 Å². The molecule has 0 heterocycles. The van der Waals surface area contributed by atoms with Crippen LogP contribution in [-0.2, 0) is 16.6 Å². The van der Waals surface area contributed by atoms with Gasteiger partial charge < -0.3 is 9.47 Å². The molecule has 0 aliphatic rings. The van der Waals surface area contributed by atoms with Crippen LogP contribution in [0.3, 0.4) is 0 Å². The van der Waals surface area contributed by atoms with Gasteiger partial charge in [-0.05, 0) is 50.8 Å². The van der Waals surface area contributed by atoms with Crippen molar-refractivity contribution >= 4 is 10.0 Å². The maximum absolute atomic E-state index is 11.7. The van der Waals surface area contributed by atoms with Crippen molar-refractivity contribution in [3.63, 3.8) is 0 Å². The number of rotatable bonds is 10. The van der Waals surface area contributed by atoms with Crippen LogP contribution in [0.5, 0.6) is 11.5 Å². The highest BCUT2D eigenvalue weighted by atomic mass is 32.2. The summed E-state index contributed by atoms with van der Waals surface area (Å²) in [6, 6.07) is 14.5. The lowest BCUT2D eigenvalue weighted by Crippen LogP contribution is -2.24. The lowest BCUT2D eigenvalue weighted by Gasteiger charge is -2.18. The van der Waals surface area contributed by atoms with Crippen LogP contribution in [0.25, 0.3) is 0 Å². The van der Waals surface area contributed by atoms with Gasteiger partial charge in [0.15, 0.2) is 11.5 Å². The Hall–Kier alpha value is -2.09. The topological polar surface area (TPSA) is 67.9 Å². The Morgan fingerprint density at radius 3 is 2.19 bits per heavy atom. The van der Waals surface area contributed by atoms with Gasteiger partial charge in [0, 0.05) is 13.1 Å². The molecule has 0 bridgehead atoms. The SMILES string of the molecule is CCOc1ccccc1OCCN(C)Cc1ccc(S(=O)(=O)NC)cc1. The van der Waals surface area contributed by atoms with Crippen molar-refractivity contribution in [3.05, 3.63) is 54.1 Å². The Kier molecular flexibility index (Phi) is 7.44. The normalized spacial score (nSPS) is 11.5. The molecule has 0 saturated carbocycles. The Balaban J connectivity index is 1.85. The maximum Gasteiger partial charge on any atom is 0.240 e. The number of sulfonamides is 1. The van der Waals surface area contributed by atoms with Gasteiger partial charge in [-0.1, -0.05) is 24.3 Å². The van der Waals surface area contributed by atoms with Gasteiger partial charge >= 0.3 is 0 Å². The molecule has 0 fully saturated rings. The largest absolute Gasteiger partial charge is 0.490 e. The van der Waals surface area contributed by atoms with Crippen LogP contribution in [0.1, 0.15) is 12.5 Å². The van der Waals surface area contributed by atoms with Crippen LogP contribution < -0.4 is 14.2 Å². The molecule has 26 heavy (non-hydrogen) atoms. The van der Waals surface area contributed by atoms with Crippen molar-refractivity contribution in [3.8, 4) is 11.5 Å². The summed E-state index contributed by atoms with van der Waals surface area (Å²) in [5, 5.41) is 0. The molecule has 142 valence electrons. The summed E-state index contributed by atoms with van der Waals surface area (Å²) in [6.07, 6.45) is 0. The monoisotopic (exact) mass is 378 g/mol. The molecule has 2 aromatic carbocycles. The number of likely N-dealkylation sites (N-methyl/N-ethyl adjacent to an activating group) is 1. The molecule has 7 heteroatoms. The van der Waals surface area contributed by atoms with Gasteiger partial charge in [-0.15, -0.1) is 0 Å². The van der Waals surface area contributed by atoms with E-state index in [1.165, 1.54) is 7.05 Å². The first-order valence-electron chi connectivity index (χ1n) is 8.52. The van der Waals surface area contributed by atoms with E-state index in [4.69, 9.17) is 9.47 Å². The van der Waals surface area contributed by atoms with E-state index in [2.05, 4.69) is 9.62 Å². The van der Waals surface area contributed by atoms with Crippen LogP contribution in [0, 0.1) is 0 Å². The van der Waals surface area contributed by atoms with Crippen molar-refractivity contribution in [1.29, 1.82) is 0 Å². The highest BCUT2D eigenvalue weighted by Gasteiger charge is 2.11. The lowest BCUT2D eigenvalue weighted by molar-refractivity contribution is 0.222. The third-order valence-corrected chi connectivity index (χ3v) is 5.26. The van der Waals surface area contributed by atoms with Crippen molar-refractivity contribution in [2.75, 3.05) is 33.9 Å². The summed E-state index contributed by atoms with van der Waals surface area (Å²) >= 11 is 0. The zero-order chi connectivity index (χ0) is 19.0. The van der Waals surface area contributed by atoms with Gasteiger partial charge in [0.05, 0.1) is 11.5 Å². The Morgan fingerprint density at radius 2 is 1.62 bits per heavy atom. The predicted octanol–water partition coefficient (Wildman–Crippen LogP) is 2.50. The highest BCUT2D eigenvalue weighted by Crippen LogP contribution is 2.26. The first kappa shape index (κ1) is 20.2. The number of nitrogens with one attached hydrogen (secondary N) is 1. The minimum atomic E-state index is -3.39. The summed E-state index contributed by atoms with van der Waals surface area (Å²) in [4.78, 5) is 2.38. The molecule has 0 saturated heterocycles. The fourth-order valence-electron chi connectivity index (χ4n) is 2.44. The van der Waals surface area contributed by atoms with Crippen LogP contribution in [0.2, 0.25) is 0 Å². The molecule has 0 amide bonds. The zero-order valence-corrected chi connectivity index (χ0v) is 16.3. The zero-order valence-electron chi connectivity index (χ0n) is 15.4. The summed E-state index contributed by atoms with van der Waals surface area (Å²) in [5.74, 6) is 1.49. The van der Waals surface area contributed by atoms with Crippen molar-refractivity contribution in [2.45, 2.75) is 18.4 Å². The number of para-hydroxylation sites is 2. The average Bonchev–Trinajstić information content (AvgIpc) is 2.64. The molecule has 0 radical (unpaired) electrons. The minimum Gasteiger partial charge on any atom is -0.490 e. The number of hydrogen-bond donors (Lipinski definition) is 1. The molecular weight excluding hydrogens is 352 g/mol. The molecule has 0 aromatic heterocycles.